The molecular formula is C19H24F3N5O3S. The highest BCUT2D eigenvalue weighted by Gasteiger charge is 2.40. The molecule has 1 spiro atoms. The Kier molecular flexibility index (Phi) is 6.30. The summed E-state index contributed by atoms with van der Waals surface area (Å²) in [5.41, 5.74) is -0.0240. The van der Waals surface area contributed by atoms with Gasteiger partial charge in [-0.2, -0.15) is 18.3 Å². The van der Waals surface area contributed by atoms with Gasteiger partial charge in [-0.15, -0.1) is 0 Å². The zero-order valence-corrected chi connectivity index (χ0v) is 18.0. The molecule has 2 aliphatic rings. The summed E-state index contributed by atoms with van der Waals surface area (Å²) in [4.78, 5) is 15.2. The minimum absolute atomic E-state index is 0.0606. The van der Waals surface area contributed by atoms with Crippen LogP contribution in [-0.4, -0.2) is 50.8 Å². The van der Waals surface area contributed by atoms with E-state index in [0.29, 0.717) is 13.1 Å². The minimum Gasteiger partial charge on any atom is -0.318 e. The largest absolute Gasteiger partial charge is 0.471 e. The average molecular weight is 459 g/mol. The van der Waals surface area contributed by atoms with E-state index in [0.717, 1.165) is 37.8 Å². The van der Waals surface area contributed by atoms with E-state index in [1.54, 1.807) is 12.2 Å². The van der Waals surface area contributed by atoms with E-state index in [1.165, 1.54) is 18.0 Å². The summed E-state index contributed by atoms with van der Waals surface area (Å²) >= 11 is 0. The number of carbonyl (C=O) groups is 1. The molecule has 31 heavy (non-hydrogen) atoms. The molecule has 170 valence electrons. The number of benzene rings is 1. The zero-order valence-electron chi connectivity index (χ0n) is 17.2. The second-order valence-electron chi connectivity index (χ2n) is 7.70. The van der Waals surface area contributed by atoms with Crippen LogP contribution in [0.4, 0.5) is 18.9 Å². The molecule has 1 aliphatic carbocycles. The molecule has 1 aromatic carbocycles. The van der Waals surface area contributed by atoms with Crippen molar-refractivity contribution >= 4 is 33.8 Å². The van der Waals surface area contributed by atoms with E-state index >= 15 is 0 Å². The molecule has 0 radical (unpaired) electrons. The van der Waals surface area contributed by atoms with Crippen LogP contribution >= 0.6 is 0 Å². The summed E-state index contributed by atoms with van der Waals surface area (Å²) in [5, 5.41) is 7.62. The number of alkyl halides is 3. The van der Waals surface area contributed by atoms with Gasteiger partial charge in [0.15, 0.2) is 0 Å². The van der Waals surface area contributed by atoms with Gasteiger partial charge < -0.3 is 5.32 Å². The van der Waals surface area contributed by atoms with Crippen LogP contribution in [0.5, 0.6) is 0 Å². The highest BCUT2D eigenvalue weighted by Crippen LogP contribution is 2.40. The van der Waals surface area contributed by atoms with Gasteiger partial charge in [0, 0.05) is 23.9 Å². The average Bonchev–Trinajstić information content (AvgIpc) is 3.32. The van der Waals surface area contributed by atoms with Crippen molar-refractivity contribution in [2.45, 2.75) is 50.6 Å². The number of sulfonamides is 1. The van der Waals surface area contributed by atoms with Gasteiger partial charge in [-0.25, -0.2) is 18.1 Å². The summed E-state index contributed by atoms with van der Waals surface area (Å²) < 4.78 is 65.6. The van der Waals surface area contributed by atoms with Crippen molar-refractivity contribution in [1.82, 2.24) is 9.73 Å². The second-order valence-corrected chi connectivity index (χ2v) is 9.39. The van der Waals surface area contributed by atoms with E-state index < -0.39 is 22.1 Å². The van der Waals surface area contributed by atoms with Crippen LogP contribution in [-0.2, 0) is 14.8 Å². The van der Waals surface area contributed by atoms with Crippen molar-refractivity contribution < 1.29 is 26.4 Å². The van der Waals surface area contributed by atoms with Crippen molar-refractivity contribution in [2.75, 3.05) is 18.4 Å². The van der Waals surface area contributed by atoms with E-state index in [2.05, 4.69) is 14.8 Å². The van der Waals surface area contributed by atoms with Crippen LogP contribution < -0.4 is 10.0 Å². The Morgan fingerprint density at radius 1 is 1.29 bits per heavy atom. The quantitative estimate of drug-likeness (QED) is 0.534. The Morgan fingerprint density at radius 2 is 1.97 bits per heavy atom. The van der Waals surface area contributed by atoms with Gasteiger partial charge in [0.1, 0.15) is 0 Å². The number of nitrogens with one attached hydrogen (secondary N) is 2. The van der Waals surface area contributed by atoms with Gasteiger partial charge in [-0.1, -0.05) is 12.8 Å². The highest BCUT2D eigenvalue weighted by atomic mass is 32.2. The lowest BCUT2D eigenvalue weighted by molar-refractivity contribution is -0.167. The predicted molar refractivity (Wildman–Crippen MR) is 110 cm³/mol. The predicted octanol–water partition coefficient (Wildman–Crippen LogP) is 3.01. The molecule has 1 aliphatic heterocycles. The van der Waals surface area contributed by atoms with Crippen molar-refractivity contribution in [3.05, 3.63) is 23.8 Å². The lowest BCUT2D eigenvalue weighted by Crippen LogP contribution is -2.43. The number of amides is 1. The molecule has 2 N–H and O–H groups in total. The number of hydrazone groups is 1. The molecule has 1 heterocycles. The first-order valence-corrected chi connectivity index (χ1v) is 11.3. The van der Waals surface area contributed by atoms with Crippen molar-refractivity contribution in [1.29, 1.82) is 0 Å². The number of hydrogen-bond donors (Lipinski definition) is 2. The summed E-state index contributed by atoms with van der Waals surface area (Å²) in [5.74, 6) is -2.04. The third kappa shape index (κ3) is 5.17. The number of rotatable bonds is 4. The molecule has 1 fully saturated rings. The van der Waals surface area contributed by atoms with E-state index in [4.69, 9.17) is 0 Å². The molecule has 1 amide bonds. The topological polar surface area (TPSA) is 103 Å². The smallest absolute Gasteiger partial charge is 0.318 e. The lowest BCUT2D eigenvalue weighted by atomic mass is 9.88. The number of aliphatic imine (C=N–C) groups is 1. The summed E-state index contributed by atoms with van der Waals surface area (Å²) in [6.07, 6.45) is 0.997. The normalized spacial score (nSPS) is 18.6. The molecule has 8 nitrogen and oxygen atoms in total. The molecule has 12 heteroatoms. The van der Waals surface area contributed by atoms with Gasteiger partial charge in [-0.3, -0.25) is 9.79 Å². The molecule has 1 saturated carbocycles. The Hall–Kier alpha value is -2.63. The van der Waals surface area contributed by atoms with Crippen molar-refractivity contribution in [2.24, 2.45) is 15.5 Å². The Morgan fingerprint density at radius 3 is 2.55 bits per heavy atom. The first-order chi connectivity index (χ1) is 14.5. The second kappa shape index (κ2) is 8.48. The van der Waals surface area contributed by atoms with Crippen LogP contribution in [0.15, 0.2) is 33.2 Å². The maximum Gasteiger partial charge on any atom is 0.471 e. The number of halogens is 3. The summed E-state index contributed by atoms with van der Waals surface area (Å²) in [6, 6.07) is 3.42. The van der Waals surface area contributed by atoms with Gasteiger partial charge >= 0.3 is 12.1 Å². The number of guanidine groups is 1. The monoisotopic (exact) mass is 459 g/mol. The Balaban J connectivity index is 1.77. The number of carbonyl (C=O) groups excluding carboxylic acids is 1. The molecule has 0 saturated heterocycles. The van der Waals surface area contributed by atoms with E-state index in [-0.39, 0.29) is 27.5 Å². The molecule has 3 rings (SSSR count). The van der Waals surface area contributed by atoms with Crippen molar-refractivity contribution in [3.63, 3.8) is 0 Å². The zero-order chi connectivity index (χ0) is 22.9. The minimum atomic E-state index is -5.04. The number of anilines is 1. The summed E-state index contributed by atoms with van der Waals surface area (Å²) in [7, 11) is -4.08. The van der Waals surface area contributed by atoms with Crippen molar-refractivity contribution in [3.8, 4) is 0 Å². The Labute approximate surface area is 178 Å². The molecule has 0 unspecified atom stereocenters. The van der Waals surface area contributed by atoms with Crippen LogP contribution in [0.25, 0.3) is 0 Å². The Bertz CT molecular complexity index is 1020. The number of nitrogens with zero attached hydrogens (tertiary/aromatic N) is 3. The van der Waals surface area contributed by atoms with Crippen LogP contribution in [0.1, 0.15) is 38.2 Å². The van der Waals surface area contributed by atoms with Gasteiger partial charge in [0.2, 0.25) is 5.96 Å². The third-order valence-corrected chi connectivity index (χ3v) is 6.65. The third-order valence-electron chi connectivity index (χ3n) is 5.33. The fraction of sp³-hybridized carbons (Fsp3) is 0.526. The highest BCUT2D eigenvalue weighted by molar-refractivity contribution is 7.90. The fourth-order valence-corrected chi connectivity index (χ4v) is 4.81. The first-order valence-electron chi connectivity index (χ1n) is 9.84. The van der Waals surface area contributed by atoms with Gasteiger partial charge in [0.25, 0.3) is 10.0 Å². The molecule has 0 aromatic heterocycles. The van der Waals surface area contributed by atoms with Crippen LogP contribution in [0, 0.1) is 12.3 Å². The SMILES string of the molecule is CCN=C(NS(=O)(=O)c1ccc(NC(=O)C(F)(F)F)c(C)c1)N1CC2(C=N1)CCCC2. The van der Waals surface area contributed by atoms with Gasteiger partial charge in [0.05, 0.1) is 11.4 Å². The first kappa shape index (κ1) is 23.0. The standard InChI is InChI=1S/C19H24F3N5O3S/c1-3-23-17(27-12-18(11-24-27)8-4-5-9-18)26-31(29,30)14-6-7-15(13(2)10-14)25-16(28)19(20,21)22/h6-7,10-11H,3-5,8-9,12H2,1-2H3,(H,23,26)(H,25,28). The molecule has 0 atom stereocenters. The molecule has 0 bridgehead atoms. The fourth-order valence-electron chi connectivity index (χ4n) is 3.70. The molecule has 1 aromatic rings. The molecular weight excluding hydrogens is 435 g/mol. The number of hydrogen-bond acceptors (Lipinski definition) is 5. The van der Waals surface area contributed by atoms with Crippen LogP contribution in [0.2, 0.25) is 0 Å². The van der Waals surface area contributed by atoms with E-state index in [1.807, 2.05) is 6.21 Å². The lowest BCUT2D eigenvalue weighted by Gasteiger charge is -2.24. The summed E-state index contributed by atoms with van der Waals surface area (Å²) in [6.45, 7) is 4.04. The van der Waals surface area contributed by atoms with Gasteiger partial charge in [-0.05, 0) is 50.5 Å². The number of aryl methyl sites for hydroxylation is 1. The maximum absolute atomic E-state index is 12.9. The van der Waals surface area contributed by atoms with E-state index in [9.17, 15) is 26.4 Å². The van der Waals surface area contributed by atoms with Crippen LogP contribution in [0.3, 0.4) is 0 Å². The maximum atomic E-state index is 12.9.